The number of fused-ring (bicyclic) bond motifs is 1. The van der Waals surface area contributed by atoms with Gasteiger partial charge in [-0.05, 0) is 65.6 Å². The first-order valence-corrected chi connectivity index (χ1v) is 11.3. The number of ether oxygens (including phenoxy) is 1. The second-order valence-corrected chi connectivity index (χ2v) is 9.09. The van der Waals surface area contributed by atoms with Crippen molar-refractivity contribution in [2.75, 3.05) is 7.11 Å². The molecule has 156 valence electrons. The van der Waals surface area contributed by atoms with Crippen LogP contribution in [-0.4, -0.2) is 17.6 Å². The van der Waals surface area contributed by atoms with E-state index >= 15 is 0 Å². The third-order valence-corrected chi connectivity index (χ3v) is 6.84. The average Bonchev–Trinajstić information content (AvgIpc) is 3.59. The molecule has 1 aliphatic rings. The van der Waals surface area contributed by atoms with Crippen molar-refractivity contribution in [3.8, 4) is 0 Å². The van der Waals surface area contributed by atoms with Crippen LogP contribution in [0, 0.1) is 0 Å². The molecule has 0 amide bonds. The SMILES string of the molecule is COC(=O)c1cc(C2CC2)ccc1Cc1ccc2c(c1)sc(=O)n2Cc1ccccc1. The molecule has 0 aliphatic heterocycles. The van der Waals surface area contributed by atoms with Gasteiger partial charge in [-0.3, -0.25) is 9.36 Å². The third-order valence-electron chi connectivity index (χ3n) is 5.90. The molecule has 5 rings (SSSR count). The van der Waals surface area contributed by atoms with Crippen LogP contribution in [0.5, 0.6) is 0 Å². The summed E-state index contributed by atoms with van der Waals surface area (Å²) >= 11 is 1.27. The van der Waals surface area contributed by atoms with Crippen molar-refractivity contribution in [1.82, 2.24) is 4.57 Å². The molecular formula is C26H23NO3S. The molecule has 0 saturated heterocycles. The van der Waals surface area contributed by atoms with Crippen molar-refractivity contribution in [2.24, 2.45) is 0 Å². The van der Waals surface area contributed by atoms with Gasteiger partial charge in [-0.25, -0.2) is 4.79 Å². The predicted octanol–water partition coefficient (Wildman–Crippen LogP) is 5.37. The second-order valence-electron chi connectivity index (χ2n) is 8.10. The number of benzene rings is 3. The van der Waals surface area contributed by atoms with E-state index in [2.05, 4.69) is 12.1 Å². The summed E-state index contributed by atoms with van der Waals surface area (Å²) in [6.45, 7) is 0.564. The molecule has 0 N–H and O–H groups in total. The van der Waals surface area contributed by atoms with E-state index in [-0.39, 0.29) is 10.8 Å². The van der Waals surface area contributed by atoms with Crippen LogP contribution in [0.4, 0.5) is 0 Å². The van der Waals surface area contributed by atoms with Gasteiger partial charge in [0, 0.05) is 0 Å². The molecule has 0 spiro atoms. The van der Waals surface area contributed by atoms with Gasteiger partial charge in [0.2, 0.25) is 0 Å². The number of methoxy groups -OCH3 is 1. The van der Waals surface area contributed by atoms with Crippen molar-refractivity contribution < 1.29 is 9.53 Å². The van der Waals surface area contributed by atoms with Gasteiger partial charge in [-0.2, -0.15) is 0 Å². The van der Waals surface area contributed by atoms with E-state index < -0.39 is 0 Å². The lowest BCUT2D eigenvalue weighted by atomic mass is 9.96. The van der Waals surface area contributed by atoms with Crippen LogP contribution in [0.25, 0.3) is 10.2 Å². The third kappa shape index (κ3) is 4.06. The highest BCUT2D eigenvalue weighted by Gasteiger charge is 2.25. The van der Waals surface area contributed by atoms with Gasteiger partial charge in [-0.1, -0.05) is 59.9 Å². The minimum absolute atomic E-state index is 0.0417. The molecule has 1 fully saturated rings. The Morgan fingerprint density at radius 3 is 2.58 bits per heavy atom. The summed E-state index contributed by atoms with van der Waals surface area (Å²) in [5.41, 5.74) is 5.93. The fourth-order valence-electron chi connectivity index (χ4n) is 4.08. The second kappa shape index (κ2) is 8.16. The largest absolute Gasteiger partial charge is 0.465 e. The van der Waals surface area contributed by atoms with E-state index in [1.54, 1.807) is 0 Å². The normalized spacial score (nSPS) is 13.5. The Bertz CT molecular complexity index is 1320. The fraction of sp³-hybridized carbons (Fsp3) is 0.231. The van der Waals surface area contributed by atoms with E-state index in [1.165, 1.54) is 36.9 Å². The number of nitrogens with zero attached hydrogens (tertiary/aromatic N) is 1. The monoisotopic (exact) mass is 429 g/mol. The van der Waals surface area contributed by atoms with Gasteiger partial charge < -0.3 is 4.74 Å². The molecule has 1 saturated carbocycles. The van der Waals surface area contributed by atoms with Crippen molar-refractivity contribution >= 4 is 27.5 Å². The van der Waals surface area contributed by atoms with Crippen LogP contribution in [-0.2, 0) is 17.7 Å². The molecule has 4 aromatic rings. The Morgan fingerprint density at radius 1 is 1.03 bits per heavy atom. The van der Waals surface area contributed by atoms with Gasteiger partial charge in [0.1, 0.15) is 0 Å². The molecule has 0 atom stereocenters. The maximum atomic E-state index is 12.6. The first kappa shape index (κ1) is 19.8. The first-order chi connectivity index (χ1) is 15.1. The van der Waals surface area contributed by atoms with Crippen LogP contribution < -0.4 is 4.87 Å². The van der Waals surface area contributed by atoms with Crippen molar-refractivity contribution in [2.45, 2.75) is 31.7 Å². The Hall–Kier alpha value is -3.18. The molecule has 0 bridgehead atoms. The standard InChI is InChI=1S/C26H23NO3S/c1-30-25(28)22-15-20(19-8-9-19)10-11-21(22)13-18-7-12-23-24(14-18)31-26(29)27(23)16-17-5-3-2-4-6-17/h2-7,10-12,14-15,19H,8-9,13,16H2,1H3. The molecule has 3 aromatic carbocycles. The highest BCUT2D eigenvalue weighted by molar-refractivity contribution is 7.16. The number of hydrogen-bond donors (Lipinski definition) is 0. The Labute approximate surface area is 184 Å². The summed E-state index contributed by atoms with van der Waals surface area (Å²) in [5, 5.41) is 0. The molecule has 0 radical (unpaired) electrons. The summed E-state index contributed by atoms with van der Waals surface area (Å²) < 4.78 is 7.82. The molecule has 31 heavy (non-hydrogen) atoms. The number of carbonyl (C=O) groups excluding carboxylic acids is 1. The zero-order valence-electron chi connectivity index (χ0n) is 17.3. The number of esters is 1. The summed E-state index contributed by atoms with van der Waals surface area (Å²) in [6.07, 6.45) is 3.00. The minimum Gasteiger partial charge on any atom is -0.465 e. The lowest BCUT2D eigenvalue weighted by molar-refractivity contribution is 0.0599. The fourth-order valence-corrected chi connectivity index (χ4v) is 5.03. The number of aromatic nitrogens is 1. The van der Waals surface area contributed by atoms with Gasteiger partial charge in [0.15, 0.2) is 0 Å². The van der Waals surface area contributed by atoms with Crippen LogP contribution in [0.2, 0.25) is 0 Å². The van der Waals surface area contributed by atoms with E-state index in [0.29, 0.717) is 24.4 Å². The molecule has 1 heterocycles. The number of carbonyl (C=O) groups is 1. The van der Waals surface area contributed by atoms with E-state index in [9.17, 15) is 9.59 Å². The van der Waals surface area contributed by atoms with Crippen LogP contribution >= 0.6 is 11.3 Å². The maximum Gasteiger partial charge on any atom is 0.338 e. The molecule has 0 unspecified atom stereocenters. The van der Waals surface area contributed by atoms with E-state index in [0.717, 1.165) is 26.9 Å². The lowest BCUT2D eigenvalue weighted by Crippen LogP contribution is -2.13. The Kier molecular flexibility index (Phi) is 5.20. The minimum atomic E-state index is -0.294. The summed E-state index contributed by atoms with van der Waals surface area (Å²) in [6, 6.07) is 22.3. The number of thiazole rings is 1. The average molecular weight is 430 g/mol. The van der Waals surface area contributed by atoms with E-state index in [4.69, 9.17) is 4.74 Å². The van der Waals surface area contributed by atoms with Crippen molar-refractivity contribution in [1.29, 1.82) is 0 Å². The summed E-state index contributed by atoms with van der Waals surface area (Å²) in [5.74, 6) is 0.285. The van der Waals surface area contributed by atoms with Crippen LogP contribution in [0.1, 0.15) is 51.4 Å². The zero-order valence-corrected chi connectivity index (χ0v) is 18.2. The van der Waals surface area contributed by atoms with Gasteiger partial charge in [-0.15, -0.1) is 0 Å². The molecule has 1 aromatic heterocycles. The number of hydrogen-bond acceptors (Lipinski definition) is 4. The van der Waals surface area contributed by atoms with Gasteiger partial charge >= 0.3 is 10.8 Å². The van der Waals surface area contributed by atoms with Crippen LogP contribution in [0.3, 0.4) is 0 Å². The van der Waals surface area contributed by atoms with Crippen LogP contribution in [0.15, 0.2) is 71.5 Å². The predicted molar refractivity (Wildman–Crippen MR) is 124 cm³/mol. The number of rotatable bonds is 6. The van der Waals surface area contributed by atoms with Gasteiger partial charge in [0.25, 0.3) is 0 Å². The molecular weight excluding hydrogens is 406 g/mol. The Morgan fingerprint density at radius 2 is 1.84 bits per heavy atom. The summed E-state index contributed by atoms with van der Waals surface area (Å²) in [7, 11) is 1.43. The molecule has 1 aliphatic carbocycles. The molecule has 5 heteroatoms. The highest BCUT2D eigenvalue weighted by atomic mass is 32.1. The topological polar surface area (TPSA) is 48.3 Å². The Balaban J connectivity index is 1.46. The maximum absolute atomic E-state index is 12.6. The zero-order chi connectivity index (χ0) is 21.4. The summed E-state index contributed by atoms with van der Waals surface area (Å²) in [4.78, 5) is 25.1. The lowest BCUT2D eigenvalue weighted by Gasteiger charge is -2.11. The van der Waals surface area contributed by atoms with E-state index in [1.807, 2.05) is 59.2 Å². The first-order valence-electron chi connectivity index (χ1n) is 10.5. The highest BCUT2D eigenvalue weighted by Crippen LogP contribution is 2.40. The van der Waals surface area contributed by atoms with Crippen molar-refractivity contribution in [3.05, 3.63) is 104 Å². The van der Waals surface area contributed by atoms with Gasteiger partial charge in [0.05, 0.1) is 29.4 Å². The smallest absolute Gasteiger partial charge is 0.338 e. The quantitative estimate of drug-likeness (QED) is 0.387. The molecule has 4 nitrogen and oxygen atoms in total. The van der Waals surface area contributed by atoms with Crippen molar-refractivity contribution in [3.63, 3.8) is 0 Å².